The van der Waals surface area contributed by atoms with Crippen molar-refractivity contribution in [3.8, 4) is 55.6 Å². The van der Waals surface area contributed by atoms with E-state index in [9.17, 15) is 0 Å². The lowest BCUT2D eigenvalue weighted by Gasteiger charge is -2.30. The minimum atomic E-state index is -0.375. The van der Waals surface area contributed by atoms with Gasteiger partial charge in [-0.25, -0.2) is 0 Å². The van der Waals surface area contributed by atoms with E-state index in [1.807, 2.05) is 0 Å². The molecule has 71 heavy (non-hydrogen) atoms. The third-order valence-electron chi connectivity index (χ3n) is 16.2. The Labute approximate surface area is 420 Å². The molecule has 10 aromatic rings. The summed E-state index contributed by atoms with van der Waals surface area (Å²) in [6.07, 6.45) is 0. The number of rotatable bonds is 8. The Morgan fingerprint density at radius 2 is 0.732 bits per heavy atom. The van der Waals surface area contributed by atoms with E-state index < -0.39 is 0 Å². The van der Waals surface area contributed by atoms with E-state index in [0.717, 1.165) is 28.4 Å². The second kappa shape index (κ2) is 16.6. The maximum Gasteiger partial charge on any atom is 0.0540 e. The van der Waals surface area contributed by atoms with Gasteiger partial charge in [-0.2, -0.15) is 0 Å². The molecule has 0 fully saturated rings. The van der Waals surface area contributed by atoms with Gasteiger partial charge in [0.2, 0.25) is 0 Å². The van der Waals surface area contributed by atoms with Gasteiger partial charge >= 0.3 is 0 Å². The largest absolute Gasteiger partial charge is 0.310 e. The van der Waals surface area contributed by atoms with E-state index >= 15 is 0 Å². The Bertz CT molecular complexity index is 3710. The molecule has 0 heterocycles. The van der Waals surface area contributed by atoms with Crippen molar-refractivity contribution >= 4 is 44.9 Å². The Morgan fingerprint density at radius 1 is 0.310 bits per heavy atom. The van der Waals surface area contributed by atoms with Crippen molar-refractivity contribution in [1.29, 1.82) is 0 Å². The molecule has 2 aliphatic carbocycles. The van der Waals surface area contributed by atoms with Crippen molar-refractivity contribution < 1.29 is 0 Å². The number of benzene rings is 10. The minimum absolute atomic E-state index is 0.375. The smallest absolute Gasteiger partial charge is 0.0540 e. The maximum absolute atomic E-state index is 2.50. The van der Waals surface area contributed by atoms with Gasteiger partial charge in [-0.1, -0.05) is 129 Å². The summed E-state index contributed by atoms with van der Waals surface area (Å²) < 4.78 is 0. The minimum Gasteiger partial charge on any atom is -0.310 e. The maximum atomic E-state index is 2.50. The Hall–Kier alpha value is -7.94. The summed E-state index contributed by atoms with van der Waals surface area (Å²) in [4.78, 5) is 4.94. The highest BCUT2D eigenvalue weighted by atomic mass is 15.1. The standard InChI is InChI=1S/C69H60N2/c1-41-24-28-51(36-45(41)5)70(52-29-25-42(2)46(6)37-52)55-32-33-56-60(40-55)69(9,10)68-63(50-20-15-12-16-21-50)66-59-34-35-61(71(53-30-26-43(3)47(7)38-53)54-31-27-44(4)48(8)39-54)57-22-17-23-58(64(57)59)65(66)62(67(56)68)49-18-13-11-14-19-49/h11-40H,1-10H3. The zero-order valence-electron chi connectivity index (χ0n) is 42.7. The second-order valence-corrected chi connectivity index (χ2v) is 20.9. The highest BCUT2D eigenvalue weighted by Crippen LogP contribution is 2.65. The van der Waals surface area contributed by atoms with Gasteiger partial charge in [0.1, 0.15) is 0 Å². The van der Waals surface area contributed by atoms with Crippen LogP contribution in [0.3, 0.4) is 0 Å². The van der Waals surface area contributed by atoms with Crippen LogP contribution < -0.4 is 9.80 Å². The van der Waals surface area contributed by atoms with Crippen LogP contribution in [-0.2, 0) is 5.41 Å². The molecule has 2 aliphatic rings. The predicted molar refractivity (Wildman–Crippen MR) is 304 cm³/mol. The fourth-order valence-corrected chi connectivity index (χ4v) is 11.8. The van der Waals surface area contributed by atoms with E-state index in [4.69, 9.17) is 0 Å². The van der Waals surface area contributed by atoms with E-state index in [0.29, 0.717) is 0 Å². The first-order chi connectivity index (χ1) is 34.3. The summed E-state index contributed by atoms with van der Waals surface area (Å²) in [5.74, 6) is 0. The van der Waals surface area contributed by atoms with Gasteiger partial charge in [-0.3, -0.25) is 0 Å². The predicted octanol–water partition coefficient (Wildman–Crippen LogP) is 19.5. The van der Waals surface area contributed by atoms with Crippen LogP contribution in [0.15, 0.2) is 182 Å². The van der Waals surface area contributed by atoms with Gasteiger partial charge in [0.25, 0.3) is 0 Å². The lowest BCUT2D eigenvalue weighted by Crippen LogP contribution is -2.18. The van der Waals surface area contributed by atoms with E-state index in [1.165, 1.54) is 128 Å². The van der Waals surface area contributed by atoms with Crippen LogP contribution in [0.5, 0.6) is 0 Å². The van der Waals surface area contributed by atoms with E-state index in [2.05, 4.69) is 261 Å². The van der Waals surface area contributed by atoms with Crippen LogP contribution in [0.2, 0.25) is 0 Å². The molecule has 0 N–H and O–H groups in total. The molecule has 10 aromatic carbocycles. The third-order valence-corrected chi connectivity index (χ3v) is 16.2. The van der Waals surface area contributed by atoms with Gasteiger partial charge < -0.3 is 9.80 Å². The average Bonchev–Trinajstić information content (AvgIpc) is 3.82. The summed E-state index contributed by atoms with van der Waals surface area (Å²) in [6, 6.07) is 69.2. The van der Waals surface area contributed by atoms with Gasteiger partial charge in [0.15, 0.2) is 0 Å². The Morgan fingerprint density at radius 3 is 1.24 bits per heavy atom. The van der Waals surface area contributed by atoms with Crippen molar-refractivity contribution in [3.05, 3.63) is 238 Å². The molecule has 0 amide bonds. The highest BCUT2D eigenvalue weighted by molar-refractivity contribution is 6.26. The topological polar surface area (TPSA) is 6.48 Å². The SMILES string of the molecule is Cc1ccc(N(c2ccc(C)c(C)c2)c2ccc3c(c2)C(C)(C)c2c(-c4ccccc4)c4c(c(-c5ccccc5)c2-3)-c2cccc3c(N(c5ccc(C)c(C)c5)c5ccc(C)c(C)c5)ccc-4c23)cc1C. The van der Waals surface area contributed by atoms with E-state index in [1.54, 1.807) is 0 Å². The lowest BCUT2D eigenvalue weighted by molar-refractivity contribution is 0.662. The summed E-state index contributed by atoms with van der Waals surface area (Å²) in [6.45, 7) is 22.6. The van der Waals surface area contributed by atoms with Crippen LogP contribution in [0.1, 0.15) is 69.5 Å². The number of fused-ring (bicyclic) bond motifs is 6. The Balaban J connectivity index is 1.16. The molecule has 0 saturated carbocycles. The first-order valence-corrected chi connectivity index (χ1v) is 25.3. The van der Waals surface area contributed by atoms with Crippen LogP contribution in [0.4, 0.5) is 34.1 Å². The van der Waals surface area contributed by atoms with Crippen molar-refractivity contribution in [3.63, 3.8) is 0 Å². The molecule has 0 bridgehead atoms. The summed E-state index contributed by atoms with van der Waals surface area (Å²) in [7, 11) is 0. The monoisotopic (exact) mass is 916 g/mol. The molecular formula is C69H60N2. The summed E-state index contributed by atoms with van der Waals surface area (Å²) in [5, 5.41) is 2.55. The third kappa shape index (κ3) is 6.90. The summed E-state index contributed by atoms with van der Waals surface area (Å²) in [5.41, 5.74) is 32.6. The van der Waals surface area contributed by atoms with Crippen molar-refractivity contribution in [2.45, 2.75) is 74.7 Å². The highest BCUT2D eigenvalue weighted by Gasteiger charge is 2.44. The van der Waals surface area contributed by atoms with Gasteiger partial charge in [-0.05, 0) is 239 Å². The molecule has 0 aromatic heterocycles. The van der Waals surface area contributed by atoms with Crippen LogP contribution in [-0.4, -0.2) is 0 Å². The van der Waals surface area contributed by atoms with E-state index in [-0.39, 0.29) is 5.41 Å². The van der Waals surface area contributed by atoms with Crippen LogP contribution in [0, 0.1) is 55.4 Å². The molecule has 0 radical (unpaired) electrons. The Kier molecular flexibility index (Phi) is 10.4. The first kappa shape index (κ1) is 44.3. The molecule has 0 saturated heterocycles. The number of anilines is 6. The zero-order valence-corrected chi connectivity index (χ0v) is 42.7. The van der Waals surface area contributed by atoms with Crippen molar-refractivity contribution in [1.82, 2.24) is 0 Å². The quantitative estimate of drug-likeness (QED) is 0.150. The first-order valence-electron chi connectivity index (χ1n) is 25.3. The number of hydrogen-bond donors (Lipinski definition) is 0. The average molecular weight is 917 g/mol. The normalized spacial score (nSPS) is 12.8. The molecule has 0 aliphatic heterocycles. The number of nitrogens with zero attached hydrogens (tertiary/aromatic N) is 2. The fraction of sp³-hybridized carbons (Fsp3) is 0.159. The molecule has 12 rings (SSSR count). The van der Waals surface area contributed by atoms with Gasteiger partial charge in [0.05, 0.1) is 5.69 Å². The molecule has 0 atom stereocenters. The van der Waals surface area contributed by atoms with Gasteiger partial charge in [0, 0.05) is 39.2 Å². The van der Waals surface area contributed by atoms with Crippen LogP contribution in [0.25, 0.3) is 66.4 Å². The molecule has 2 heteroatoms. The van der Waals surface area contributed by atoms with Crippen molar-refractivity contribution in [2.75, 3.05) is 9.80 Å². The molecule has 0 spiro atoms. The molecule has 2 nitrogen and oxygen atoms in total. The van der Waals surface area contributed by atoms with Crippen molar-refractivity contribution in [2.24, 2.45) is 0 Å². The van der Waals surface area contributed by atoms with Gasteiger partial charge in [-0.15, -0.1) is 0 Å². The molecular weight excluding hydrogens is 857 g/mol. The molecule has 0 unspecified atom stereocenters. The second-order valence-electron chi connectivity index (χ2n) is 20.9. The molecule has 346 valence electrons. The summed E-state index contributed by atoms with van der Waals surface area (Å²) >= 11 is 0. The fourth-order valence-electron chi connectivity index (χ4n) is 11.8. The number of aryl methyl sites for hydroxylation is 8. The van der Waals surface area contributed by atoms with Crippen LogP contribution >= 0.6 is 0 Å². The zero-order chi connectivity index (χ0) is 49.0. The lowest BCUT2D eigenvalue weighted by atomic mass is 9.74. The number of hydrogen-bond acceptors (Lipinski definition) is 2.